The molecular weight excluding hydrogens is 160 g/mol. The molecule has 0 N–H and O–H groups in total. The fourth-order valence-electron chi connectivity index (χ4n) is 1.42. The van der Waals surface area contributed by atoms with Gasteiger partial charge in [-0.2, -0.15) is 5.10 Å². The first-order valence-corrected chi connectivity index (χ1v) is 4.95. The van der Waals surface area contributed by atoms with Gasteiger partial charge in [-0.1, -0.05) is 20.8 Å². The Morgan fingerprint density at radius 3 is 2.54 bits per heavy atom. The van der Waals surface area contributed by atoms with Gasteiger partial charge in [0.15, 0.2) is 0 Å². The minimum absolute atomic E-state index is 0.461. The van der Waals surface area contributed by atoms with Gasteiger partial charge in [-0.25, -0.2) is 0 Å². The molecule has 0 saturated carbocycles. The van der Waals surface area contributed by atoms with Crippen molar-refractivity contribution in [3.05, 3.63) is 18.0 Å². The van der Waals surface area contributed by atoms with Crippen molar-refractivity contribution in [2.24, 2.45) is 12.5 Å². The summed E-state index contributed by atoms with van der Waals surface area (Å²) < 4.78 is 1.87. The summed E-state index contributed by atoms with van der Waals surface area (Å²) >= 11 is 0. The molecule has 0 atom stereocenters. The second kappa shape index (κ2) is 3.95. The Bertz CT molecular complexity index is 255. The maximum Gasteiger partial charge on any atom is 0.0521 e. The van der Waals surface area contributed by atoms with E-state index < -0.39 is 0 Å². The molecule has 13 heavy (non-hydrogen) atoms. The van der Waals surface area contributed by atoms with E-state index in [1.807, 2.05) is 17.9 Å². The van der Waals surface area contributed by atoms with Crippen LogP contribution >= 0.6 is 0 Å². The van der Waals surface area contributed by atoms with Crippen LogP contribution in [0, 0.1) is 5.41 Å². The van der Waals surface area contributed by atoms with Gasteiger partial charge in [0.05, 0.1) is 6.20 Å². The molecule has 0 aliphatic heterocycles. The highest BCUT2D eigenvalue weighted by atomic mass is 15.2. The quantitative estimate of drug-likeness (QED) is 0.699. The zero-order valence-corrected chi connectivity index (χ0v) is 9.17. The first-order chi connectivity index (χ1) is 5.97. The molecule has 2 heteroatoms. The zero-order valence-electron chi connectivity index (χ0n) is 9.17. The highest BCUT2D eigenvalue weighted by molar-refractivity contribution is 5.03. The largest absolute Gasteiger partial charge is 0.276 e. The van der Waals surface area contributed by atoms with Crippen molar-refractivity contribution < 1.29 is 0 Å². The lowest BCUT2D eigenvalue weighted by Gasteiger charge is -2.17. The Morgan fingerprint density at radius 1 is 1.38 bits per heavy atom. The van der Waals surface area contributed by atoms with Crippen LogP contribution in [0.2, 0.25) is 0 Å². The van der Waals surface area contributed by atoms with Crippen LogP contribution in [0.15, 0.2) is 12.4 Å². The van der Waals surface area contributed by atoms with Gasteiger partial charge >= 0.3 is 0 Å². The topological polar surface area (TPSA) is 17.8 Å². The summed E-state index contributed by atoms with van der Waals surface area (Å²) in [5.41, 5.74) is 1.81. The Morgan fingerprint density at radius 2 is 2.08 bits per heavy atom. The lowest BCUT2D eigenvalue weighted by atomic mass is 9.89. The third-order valence-electron chi connectivity index (χ3n) is 2.15. The van der Waals surface area contributed by atoms with Crippen molar-refractivity contribution in [2.75, 3.05) is 0 Å². The monoisotopic (exact) mass is 180 g/mol. The lowest BCUT2D eigenvalue weighted by Crippen LogP contribution is -2.04. The van der Waals surface area contributed by atoms with Gasteiger partial charge in [-0.15, -0.1) is 0 Å². The lowest BCUT2D eigenvalue weighted by molar-refractivity contribution is 0.365. The van der Waals surface area contributed by atoms with Crippen LogP contribution in [-0.2, 0) is 13.5 Å². The van der Waals surface area contributed by atoms with Gasteiger partial charge in [0.2, 0.25) is 0 Å². The number of aromatic nitrogens is 2. The Kier molecular flexibility index (Phi) is 3.12. The SMILES string of the molecule is Cn1cc(CCCC(C)(C)C)cn1. The van der Waals surface area contributed by atoms with Crippen LogP contribution in [0.1, 0.15) is 39.2 Å². The van der Waals surface area contributed by atoms with Crippen LogP contribution in [0.5, 0.6) is 0 Å². The summed E-state index contributed by atoms with van der Waals surface area (Å²) in [5.74, 6) is 0. The predicted molar refractivity (Wildman–Crippen MR) is 55.6 cm³/mol. The van der Waals surface area contributed by atoms with Crippen molar-refractivity contribution in [3.63, 3.8) is 0 Å². The fraction of sp³-hybridized carbons (Fsp3) is 0.727. The van der Waals surface area contributed by atoms with Crippen molar-refractivity contribution in [2.45, 2.75) is 40.0 Å². The van der Waals surface area contributed by atoms with Gasteiger partial charge in [0.1, 0.15) is 0 Å². The minimum atomic E-state index is 0.461. The average Bonchev–Trinajstić information content (AvgIpc) is 2.33. The zero-order chi connectivity index (χ0) is 9.90. The molecule has 74 valence electrons. The Balaban J connectivity index is 2.28. The molecule has 1 heterocycles. The normalized spacial score (nSPS) is 12.0. The number of rotatable bonds is 3. The maximum atomic E-state index is 4.15. The van der Waals surface area contributed by atoms with E-state index in [0.29, 0.717) is 5.41 Å². The molecule has 1 aromatic rings. The molecule has 0 aromatic carbocycles. The van der Waals surface area contributed by atoms with Gasteiger partial charge in [-0.3, -0.25) is 4.68 Å². The van der Waals surface area contributed by atoms with Crippen LogP contribution in [0.25, 0.3) is 0 Å². The number of hydrogen-bond donors (Lipinski definition) is 0. The summed E-state index contributed by atoms with van der Waals surface area (Å²) in [5, 5.41) is 4.15. The van der Waals surface area contributed by atoms with E-state index in [1.54, 1.807) is 0 Å². The molecule has 1 rings (SSSR count). The summed E-state index contributed by atoms with van der Waals surface area (Å²) in [4.78, 5) is 0. The number of hydrogen-bond acceptors (Lipinski definition) is 1. The van der Waals surface area contributed by atoms with Crippen LogP contribution in [0.4, 0.5) is 0 Å². The van der Waals surface area contributed by atoms with Crippen molar-refractivity contribution in [1.82, 2.24) is 9.78 Å². The summed E-state index contributed by atoms with van der Waals surface area (Å²) in [6, 6.07) is 0. The van der Waals surface area contributed by atoms with Crippen LogP contribution in [-0.4, -0.2) is 9.78 Å². The second-order valence-corrected chi connectivity index (χ2v) is 4.94. The molecule has 0 spiro atoms. The van der Waals surface area contributed by atoms with Gasteiger partial charge < -0.3 is 0 Å². The van der Waals surface area contributed by atoms with Crippen LogP contribution in [0.3, 0.4) is 0 Å². The third kappa shape index (κ3) is 4.11. The smallest absolute Gasteiger partial charge is 0.0521 e. The molecule has 0 fully saturated rings. The molecule has 0 radical (unpaired) electrons. The predicted octanol–water partition coefficient (Wildman–Crippen LogP) is 2.79. The summed E-state index contributed by atoms with van der Waals surface area (Å²) in [7, 11) is 1.97. The molecule has 0 amide bonds. The minimum Gasteiger partial charge on any atom is -0.276 e. The number of nitrogens with zero attached hydrogens (tertiary/aromatic N) is 2. The third-order valence-corrected chi connectivity index (χ3v) is 2.15. The Labute approximate surface area is 81.0 Å². The molecule has 0 aliphatic carbocycles. The van der Waals surface area contributed by atoms with E-state index in [1.165, 1.54) is 18.4 Å². The van der Waals surface area contributed by atoms with E-state index in [2.05, 4.69) is 32.1 Å². The molecule has 2 nitrogen and oxygen atoms in total. The second-order valence-electron chi connectivity index (χ2n) is 4.94. The average molecular weight is 180 g/mol. The van der Waals surface area contributed by atoms with E-state index in [9.17, 15) is 0 Å². The fourth-order valence-corrected chi connectivity index (χ4v) is 1.42. The summed E-state index contributed by atoms with van der Waals surface area (Å²) in [6.45, 7) is 6.86. The standard InChI is InChI=1S/C11H20N2/c1-11(2,3)7-5-6-10-8-12-13(4)9-10/h8-9H,5-7H2,1-4H3. The summed E-state index contributed by atoms with van der Waals surface area (Å²) in [6.07, 6.45) is 7.76. The van der Waals surface area contributed by atoms with Crippen molar-refractivity contribution in [1.29, 1.82) is 0 Å². The molecule has 0 saturated heterocycles. The number of aryl methyl sites for hydroxylation is 2. The van der Waals surface area contributed by atoms with Gasteiger partial charge in [0, 0.05) is 13.2 Å². The van der Waals surface area contributed by atoms with Crippen molar-refractivity contribution in [3.8, 4) is 0 Å². The Hall–Kier alpha value is -0.790. The molecular formula is C11H20N2. The van der Waals surface area contributed by atoms with E-state index in [0.717, 1.165) is 6.42 Å². The van der Waals surface area contributed by atoms with Crippen molar-refractivity contribution >= 4 is 0 Å². The highest BCUT2D eigenvalue weighted by Crippen LogP contribution is 2.21. The highest BCUT2D eigenvalue weighted by Gasteiger charge is 2.09. The van der Waals surface area contributed by atoms with E-state index in [-0.39, 0.29) is 0 Å². The first kappa shape index (κ1) is 10.3. The van der Waals surface area contributed by atoms with E-state index in [4.69, 9.17) is 0 Å². The molecule has 0 unspecified atom stereocenters. The molecule has 1 aromatic heterocycles. The molecule has 0 aliphatic rings. The van der Waals surface area contributed by atoms with E-state index >= 15 is 0 Å². The maximum absolute atomic E-state index is 4.15. The van der Waals surface area contributed by atoms with Gasteiger partial charge in [-0.05, 0) is 30.2 Å². The van der Waals surface area contributed by atoms with Gasteiger partial charge in [0.25, 0.3) is 0 Å². The first-order valence-electron chi connectivity index (χ1n) is 4.95. The molecule has 0 bridgehead atoms. The van der Waals surface area contributed by atoms with Crippen LogP contribution < -0.4 is 0 Å².